The van der Waals surface area contributed by atoms with Crippen molar-refractivity contribution in [3.63, 3.8) is 0 Å². The number of nitriles is 2. The van der Waals surface area contributed by atoms with Crippen LogP contribution in [0.2, 0.25) is 0 Å². The molecule has 0 fully saturated rings. The number of aromatic nitrogens is 1. The second-order valence-corrected chi connectivity index (χ2v) is 5.20. The number of hydrogen-bond acceptors (Lipinski definition) is 3. The molecular weight excluding hydrogens is 281 g/mol. The number of rotatable bonds is 1. The third-order valence-corrected chi connectivity index (χ3v) is 4.12. The molecule has 3 rings (SSSR count). The van der Waals surface area contributed by atoms with E-state index in [0.717, 1.165) is 21.4 Å². The zero-order chi connectivity index (χ0) is 14.5. The Morgan fingerprint density at radius 3 is 2.70 bits per heavy atom. The zero-order valence-corrected chi connectivity index (χ0v) is 11.2. The summed E-state index contributed by atoms with van der Waals surface area (Å²) in [7, 11) is 0. The lowest BCUT2D eigenvalue weighted by molar-refractivity contribution is -0.356. The molecule has 2 aliphatic rings. The fourth-order valence-electron chi connectivity index (χ4n) is 2.43. The van der Waals surface area contributed by atoms with E-state index in [1.807, 2.05) is 12.1 Å². The Kier molecular flexibility index (Phi) is 2.60. The van der Waals surface area contributed by atoms with Gasteiger partial charge in [0.1, 0.15) is 23.9 Å². The highest BCUT2D eigenvalue weighted by Crippen LogP contribution is 2.40. The Bertz CT molecular complexity index is 804. The first kappa shape index (κ1) is 12.7. The summed E-state index contributed by atoms with van der Waals surface area (Å²) >= 11 is 1.31. The number of nitrogens with zero attached hydrogens (tertiary/aromatic N) is 4. The van der Waals surface area contributed by atoms with E-state index in [9.17, 15) is 8.63 Å². The van der Waals surface area contributed by atoms with Crippen molar-refractivity contribution >= 4 is 29.9 Å². The Balaban J connectivity index is 2.35. The summed E-state index contributed by atoms with van der Waals surface area (Å²) in [6, 6.07) is 5.21. The molecule has 1 aromatic heterocycles. The predicted octanol–water partition coefficient (Wildman–Crippen LogP) is 2.17. The molecule has 0 saturated carbocycles. The number of allylic oxidation sites excluding steroid dienone is 2. The van der Waals surface area contributed by atoms with Crippen molar-refractivity contribution in [2.45, 2.75) is 0 Å². The minimum Gasteiger partial charge on any atom is -0.394 e. The molecular formula is C12H7BF2N4S. The van der Waals surface area contributed by atoms with Crippen LogP contribution in [0.4, 0.5) is 8.63 Å². The van der Waals surface area contributed by atoms with Crippen molar-refractivity contribution in [1.82, 2.24) is 4.48 Å². The fourth-order valence-corrected chi connectivity index (χ4v) is 3.18. The minimum atomic E-state index is -4.08. The van der Waals surface area contributed by atoms with Gasteiger partial charge in [-0.2, -0.15) is 10.5 Å². The molecule has 0 saturated heterocycles. The van der Waals surface area contributed by atoms with Gasteiger partial charge in [-0.25, -0.2) is 0 Å². The second-order valence-electron chi connectivity index (χ2n) is 4.39. The molecule has 2 aliphatic heterocycles. The first-order valence-electron chi connectivity index (χ1n) is 5.71. The minimum absolute atomic E-state index is 0.194. The third-order valence-electron chi connectivity index (χ3n) is 3.29. The monoisotopic (exact) mass is 288 g/mol. The SMILES string of the molecule is CSC1=C2C=C(C#N)C=[N+]2[B-](F)(F)n2cc(C#N)cc21. The lowest BCUT2D eigenvalue weighted by Crippen LogP contribution is -2.48. The molecule has 0 spiro atoms. The number of hydrogen-bond donors (Lipinski definition) is 0. The maximum Gasteiger partial charge on any atom is 0.737 e. The average molecular weight is 288 g/mol. The van der Waals surface area contributed by atoms with E-state index in [1.165, 1.54) is 23.9 Å². The van der Waals surface area contributed by atoms with Crippen LogP contribution in [0.1, 0.15) is 11.3 Å². The van der Waals surface area contributed by atoms with Crippen LogP contribution in [-0.4, -0.2) is 28.4 Å². The van der Waals surface area contributed by atoms with Gasteiger partial charge in [-0.05, 0) is 18.5 Å². The first-order valence-corrected chi connectivity index (χ1v) is 6.93. The van der Waals surface area contributed by atoms with Crippen LogP contribution in [0.5, 0.6) is 0 Å². The van der Waals surface area contributed by atoms with Crippen molar-refractivity contribution in [2.75, 3.05) is 6.26 Å². The van der Waals surface area contributed by atoms with Crippen molar-refractivity contribution in [1.29, 1.82) is 10.5 Å². The lowest BCUT2D eigenvalue weighted by Gasteiger charge is -2.29. The van der Waals surface area contributed by atoms with Crippen LogP contribution in [0, 0.1) is 22.7 Å². The highest BCUT2D eigenvalue weighted by Gasteiger charge is 2.52. The van der Waals surface area contributed by atoms with Crippen LogP contribution in [0.3, 0.4) is 0 Å². The molecule has 0 bridgehead atoms. The van der Waals surface area contributed by atoms with Gasteiger partial charge in [0, 0.05) is 11.8 Å². The smallest absolute Gasteiger partial charge is 0.394 e. The van der Waals surface area contributed by atoms with E-state index in [2.05, 4.69) is 0 Å². The Morgan fingerprint density at radius 2 is 2.10 bits per heavy atom. The molecule has 20 heavy (non-hydrogen) atoms. The summed E-state index contributed by atoms with van der Waals surface area (Å²) in [6.45, 7) is -4.08. The van der Waals surface area contributed by atoms with E-state index in [0.29, 0.717) is 16.3 Å². The Labute approximate surface area is 118 Å². The number of fused-ring (bicyclic) bond motifs is 2. The van der Waals surface area contributed by atoms with E-state index in [-0.39, 0.29) is 11.1 Å². The molecule has 8 heteroatoms. The molecule has 4 nitrogen and oxygen atoms in total. The summed E-state index contributed by atoms with van der Waals surface area (Å²) in [4.78, 5) is 0.626. The Morgan fingerprint density at radius 1 is 1.35 bits per heavy atom. The van der Waals surface area contributed by atoms with Crippen molar-refractivity contribution in [3.8, 4) is 12.1 Å². The zero-order valence-electron chi connectivity index (χ0n) is 10.3. The predicted molar refractivity (Wildman–Crippen MR) is 73.0 cm³/mol. The number of halogens is 2. The van der Waals surface area contributed by atoms with Crippen molar-refractivity contribution < 1.29 is 13.1 Å². The standard InChI is InChI=1S/C12H7BF2N4S/c1-20-12-10-2-8(4-16)6-18(10)13(14,15)19-7-9(5-17)3-11(12)19/h2-3,6-7H,1H3. The van der Waals surface area contributed by atoms with Gasteiger partial charge < -0.3 is 17.6 Å². The fraction of sp³-hybridized carbons (Fsp3) is 0.0833. The maximum atomic E-state index is 14.5. The second kappa shape index (κ2) is 4.09. The normalized spacial score (nSPS) is 18.6. The molecule has 0 aromatic carbocycles. The Hall–Kier alpha value is -2.32. The average Bonchev–Trinajstić information content (AvgIpc) is 3.04. The molecule has 3 heterocycles. The van der Waals surface area contributed by atoms with Gasteiger partial charge in [-0.1, -0.05) is 0 Å². The molecule has 0 radical (unpaired) electrons. The lowest BCUT2D eigenvalue weighted by atomic mass is 9.92. The highest BCUT2D eigenvalue weighted by atomic mass is 32.2. The molecule has 0 atom stereocenters. The van der Waals surface area contributed by atoms with Gasteiger partial charge in [0.05, 0.1) is 10.5 Å². The van der Waals surface area contributed by atoms with E-state index in [1.54, 1.807) is 6.26 Å². The van der Waals surface area contributed by atoms with Gasteiger partial charge in [0.15, 0.2) is 5.70 Å². The molecule has 0 aliphatic carbocycles. The van der Waals surface area contributed by atoms with Crippen LogP contribution in [-0.2, 0) is 0 Å². The van der Waals surface area contributed by atoms with Crippen molar-refractivity contribution in [2.24, 2.45) is 0 Å². The summed E-state index contributed by atoms with van der Waals surface area (Å²) < 4.78 is 30.8. The van der Waals surface area contributed by atoms with Crippen LogP contribution >= 0.6 is 11.8 Å². The largest absolute Gasteiger partial charge is 0.737 e. The van der Waals surface area contributed by atoms with E-state index in [4.69, 9.17) is 10.5 Å². The van der Waals surface area contributed by atoms with Crippen LogP contribution < -0.4 is 0 Å². The summed E-state index contributed by atoms with van der Waals surface area (Å²) in [6.07, 6.45) is 5.53. The number of thioether (sulfide) groups is 1. The van der Waals surface area contributed by atoms with E-state index < -0.39 is 6.97 Å². The topological polar surface area (TPSA) is 55.5 Å². The maximum absolute atomic E-state index is 14.5. The molecule has 0 N–H and O–H groups in total. The quantitative estimate of drug-likeness (QED) is 0.744. The van der Waals surface area contributed by atoms with Gasteiger partial charge in [-0.15, -0.1) is 11.8 Å². The van der Waals surface area contributed by atoms with Gasteiger partial charge in [-0.3, -0.25) is 0 Å². The van der Waals surface area contributed by atoms with Crippen LogP contribution in [0.15, 0.2) is 29.6 Å². The summed E-state index contributed by atoms with van der Waals surface area (Å²) in [5, 5.41) is 17.8. The van der Waals surface area contributed by atoms with E-state index >= 15 is 0 Å². The summed E-state index contributed by atoms with van der Waals surface area (Å²) in [5.41, 5.74) is 1.02. The molecule has 0 unspecified atom stereocenters. The van der Waals surface area contributed by atoms with Crippen LogP contribution in [0.25, 0.3) is 4.91 Å². The van der Waals surface area contributed by atoms with Crippen molar-refractivity contribution in [3.05, 3.63) is 40.9 Å². The highest BCUT2D eigenvalue weighted by molar-refractivity contribution is 8.07. The molecule has 1 aromatic rings. The third kappa shape index (κ3) is 1.49. The first-order chi connectivity index (χ1) is 9.52. The molecule has 98 valence electrons. The molecule has 0 amide bonds. The van der Waals surface area contributed by atoms with Gasteiger partial charge in [0.2, 0.25) is 0 Å². The van der Waals surface area contributed by atoms with Gasteiger partial charge in [0.25, 0.3) is 0 Å². The summed E-state index contributed by atoms with van der Waals surface area (Å²) in [5.74, 6) is 0. The van der Waals surface area contributed by atoms with Gasteiger partial charge >= 0.3 is 6.97 Å².